The fraction of sp³-hybridized carbons (Fsp3) is 0.192. The molecule has 0 saturated carbocycles. The molecule has 4 aromatic rings. The van der Waals surface area contributed by atoms with Gasteiger partial charge in [-0.2, -0.15) is 0 Å². The molecule has 0 fully saturated rings. The number of hydrogen-bond donors (Lipinski definition) is 1. The number of ether oxygens (including phenoxy) is 1. The molecule has 5 rings (SSSR count). The first-order valence-electron chi connectivity index (χ1n) is 10.8. The zero-order chi connectivity index (χ0) is 22.6. The number of hydrogen-bond acceptors (Lipinski definition) is 6. The van der Waals surface area contributed by atoms with Crippen molar-refractivity contribution in [2.24, 2.45) is 0 Å². The van der Waals surface area contributed by atoms with Gasteiger partial charge in [-0.25, -0.2) is 9.78 Å². The number of rotatable bonds is 6. The van der Waals surface area contributed by atoms with E-state index in [0.717, 1.165) is 40.8 Å². The van der Waals surface area contributed by atoms with Crippen molar-refractivity contribution in [3.8, 4) is 0 Å². The summed E-state index contributed by atoms with van der Waals surface area (Å²) < 4.78 is 16.1. The number of aromatic nitrogens is 1. The minimum atomic E-state index is -0.530. The zero-order valence-corrected chi connectivity index (χ0v) is 17.9. The average molecular weight is 442 g/mol. The third-order valence-corrected chi connectivity index (χ3v) is 5.61. The van der Waals surface area contributed by atoms with E-state index in [0.29, 0.717) is 23.3 Å². The van der Waals surface area contributed by atoms with E-state index < -0.39 is 11.9 Å². The zero-order valence-electron chi connectivity index (χ0n) is 17.9. The number of nitrogens with zero attached hydrogens (tertiary/aromatic N) is 1. The quantitative estimate of drug-likeness (QED) is 0.432. The minimum absolute atomic E-state index is 0.234. The molecule has 0 unspecified atom stereocenters. The summed E-state index contributed by atoms with van der Waals surface area (Å²) in [7, 11) is 0. The molecule has 1 aliphatic carbocycles. The van der Waals surface area contributed by atoms with Crippen LogP contribution in [0.1, 0.15) is 46.0 Å². The summed E-state index contributed by atoms with van der Waals surface area (Å²) in [5.41, 5.74) is 3.82. The number of amides is 1. The fourth-order valence-electron chi connectivity index (χ4n) is 4.11. The maximum atomic E-state index is 13.2. The van der Waals surface area contributed by atoms with Crippen molar-refractivity contribution in [1.82, 2.24) is 10.3 Å². The van der Waals surface area contributed by atoms with Crippen LogP contribution >= 0.6 is 0 Å². The van der Waals surface area contributed by atoms with E-state index in [4.69, 9.17) is 18.6 Å². The molecular weight excluding hydrogens is 420 g/mol. The monoisotopic (exact) mass is 442 g/mol. The number of esters is 1. The predicted octanol–water partition coefficient (Wildman–Crippen LogP) is 4.77. The topological polar surface area (TPSA) is 94.6 Å². The molecule has 0 spiro atoms. The van der Waals surface area contributed by atoms with E-state index in [-0.39, 0.29) is 13.2 Å². The molecule has 1 aromatic carbocycles. The SMILES string of the molecule is O=C(COC(=O)c1c2c(nc3ccccc13)C(=Cc1ccco1)CCC2)NCc1ccco1. The van der Waals surface area contributed by atoms with Gasteiger partial charge >= 0.3 is 5.97 Å². The first-order valence-corrected chi connectivity index (χ1v) is 10.8. The van der Waals surface area contributed by atoms with Gasteiger partial charge in [0.15, 0.2) is 6.61 Å². The van der Waals surface area contributed by atoms with Crippen molar-refractivity contribution in [2.45, 2.75) is 25.8 Å². The normalized spacial score (nSPS) is 14.2. The molecule has 33 heavy (non-hydrogen) atoms. The first kappa shape index (κ1) is 20.8. The number of fused-ring (bicyclic) bond motifs is 2. The summed E-state index contributed by atoms with van der Waals surface area (Å²) in [6.45, 7) is -0.141. The Kier molecular flexibility index (Phi) is 5.76. The summed E-state index contributed by atoms with van der Waals surface area (Å²) in [5, 5.41) is 3.40. The lowest BCUT2D eigenvalue weighted by molar-refractivity contribution is -0.124. The van der Waals surface area contributed by atoms with Crippen molar-refractivity contribution in [1.29, 1.82) is 0 Å². The van der Waals surface area contributed by atoms with Gasteiger partial charge in [0.05, 0.1) is 35.8 Å². The Bertz CT molecular complexity index is 1320. The molecule has 1 aliphatic rings. The summed E-state index contributed by atoms with van der Waals surface area (Å²) in [4.78, 5) is 30.3. The third-order valence-electron chi connectivity index (χ3n) is 5.61. The third kappa shape index (κ3) is 4.43. The van der Waals surface area contributed by atoms with Crippen LogP contribution in [0.5, 0.6) is 0 Å². The highest BCUT2D eigenvalue weighted by molar-refractivity contribution is 6.07. The summed E-state index contributed by atoms with van der Waals surface area (Å²) in [5.74, 6) is 0.438. The van der Waals surface area contributed by atoms with Crippen LogP contribution in [-0.4, -0.2) is 23.5 Å². The average Bonchev–Trinajstić information content (AvgIpc) is 3.54. The van der Waals surface area contributed by atoms with Crippen molar-refractivity contribution in [3.05, 3.63) is 89.4 Å². The van der Waals surface area contributed by atoms with Crippen LogP contribution in [0.25, 0.3) is 22.6 Å². The second kappa shape index (κ2) is 9.16. The Morgan fingerprint density at radius 3 is 2.70 bits per heavy atom. The minimum Gasteiger partial charge on any atom is -0.467 e. The van der Waals surface area contributed by atoms with E-state index in [1.54, 1.807) is 18.4 Å². The smallest absolute Gasteiger partial charge is 0.339 e. The number of benzene rings is 1. The standard InChI is InChI=1S/C26H22N2O5/c29-23(27-15-19-8-5-13-32-19)16-33-26(30)24-20-9-1-2-11-22(20)28-25-17(6-3-10-21(24)25)14-18-7-4-12-31-18/h1-2,4-5,7-9,11-14H,3,6,10,15-16H2,(H,27,29). The fourth-order valence-corrected chi connectivity index (χ4v) is 4.11. The summed E-state index contributed by atoms with van der Waals surface area (Å²) in [6.07, 6.45) is 7.55. The highest BCUT2D eigenvalue weighted by Crippen LogP contribution is 2.36. The van der Waals surface area contributed by atoms with Gasteiger partial charge in [0, 0.05) is 5.39 Å². The van der Waals surface area contributed by atoms with Crippen molar-refractivity contribution >= 4 is 34.4 Å². The molecule has 7 nitrogen and oxygen atoms in total. The maximum absolute atomic E-state index is 13.2. The maximum Gasteiger partial charge on any atom is 0.339 e. The summed E-state index contributed by atoms with van der Waals surface area (Å²) in [6, 6.07) is 14.7. The Morgan fingerprint density at radius 1 is 1.03 bits per heavy atom. The van der Waals surface area contributed by atoms with Crippen molar-refractivity contribution in [2.75, 3.05) is 6.61 Å². The largest absolute Gasteiger partial charge is 0.467 e. The number of carbonyl (C=O) groups excluding carboxylic acids is 2. The molecule has 3 heterocycles. The molecule has 3 aromatic heterocycles. The molecule has 1 amide bonds. The van der Waals surface area contributed by atoms with Crippen LogP contribution in [0.4, 0.5) is 0 Å². The van der Waals surface area contributed by atoms with Crippen molar-refractivity contribution < 1.29 is 23.2 Å². The van der Waals surface area contributed by atoms with E-state index in [1.165, 1.54) is 6.26 Å². The molecule has 7 heteroatoms. The van der Waals surface area contributed by atoms with Crippen LogP contribution in [0.3, 0.4) is 0 Å². The lowest BCUT2D eigenvalue weighted by Gasteiger charge is -2.22. The molecule has 0 saturated heterocycles. The molecule has 166 valence electrons. The highest BCUT2D eigenvalue weighted by atomic mass is 16.5. The van der Waals surface area contributed by atoms with Crippen LogP contribution in [0, 0.1) is 0 Å². The molecule has 0 bridgehead atoms. The molecule has 0 radical (unpaired) electrons. The van der Waals surface area contributed by atoms with Gasteiger partial charge in [0.2, 0.25) is 0 Å². The van der Waals surface area contributed by atoms with Gasteiger partial charge in [-0.05, 0) is 66.8 Å². The van der Waals surface area contributed by atoms with E-state index >= 15 is 0 Å². The predicted molar refractivity (Wildman–Crippen MR) is 122 cm³/mol. The van der Waals surface area contributed by atoms with E-state index in [9.17, 15) is 9.59 Å². The number of pyridine rings is 1. The van der Waals surface area contributed by atoms with Gasteiger partial charge in [0.1, 0.15) is 11.5 Å². The van der Waals surface area contributed by atoms with Crippen LogP contribution in [0.2, 0.25) is 0 Å². The number of nitrogens with one attached hydrogen (secondary N) is 1. The highest BCUT2D eigenvalue weighted by Gasteiger charge is 2.26. The van der Waals surface area contributed by atoms with Gasteiger partial charge in [0.25, 0.3) is 5.91 Å². The molecule has 0 aliphatic heterocycles. The Labute approximate surface area is 190 Å². The van der Waals surface area contributed by atoms with Gasteiger partial charge in [-0.3, -0.25) is 4.79 Å². The lowest BCUT2D eigenvalue weighted by Crippen LogP contribution is -2.28. The Hall–Kier alpha value is -4.13. The van der Waals surface area contributed by atoms with Crippen LogP contribution in [-0.2, 0) is 22.5 Å². The van der Waals surface area contributed by atoms with Crippen molar-refractivity contribution in [3.63, 3.8) is 0 Å². The Balaban J connectivity index is 1.43. The van der Waals surface area contributed by atoms with Gasteiger partial charge in [-0.15, -0.1) is 0 Å². The lowest BCUT2D eigenvalue weighted by atomic mass is 9.86. The first-order chi connectivity index (χ1) is 16.2. The second-order valence-corrected chi connectivity index (χ2v) is 7.80. The summed E-state index contributed by atoms with van der Waals surface area (Å²) >= 11 is 0. The molecule has 0 atom stereocenters. The molecule has 1 N–H and O–H groups in total. The Morgan fingerprint density at radius 2 is 1.88 bits per heavy atom. The number of allylic oxidation sites excluding steroid dienone is 1. The van der Waals surface area contributed by atoms with E-state index in [2.05, 4.69) is 5.32 Å². The number of para-hydroxylation sites is 1. The van der Waals surface area contributed by atoms with Gasteiger partial charge < -0.3 is 18.9 Å². The number of carbonyl (C=O) groups is 2. The second-order valence-electron chi connectivity index (χ2n) is 7.80. The number of furan rings is 2. The van der Waals surface area contributed by atoms with Gasteiger partial charge in [-0.1, -0.05) is 18.2 Å². The van der Waals surface area contributed by atoms with Crippen LogP contribution in [0.15, 0.2) is 69.9 Å². The van der Waals surface area contributed by atoms with Crippen LogP contribution < -0.4 is 5.32 Å². The van der Waals surface area contributed by atoms with E-state index in [1.807, 2.05) is 42.5 Å². The molecular formula is C26H22N2O5.